The smallest absolute Gasteiger partial charge is 0.181 e. The number of aromatic nitrogens is 2. The van der Waals surface area contributed by atoms with E-state index < -0.39 is 0 Å². The van der Waals surface area contributed by atoms with Crippen molar-refractivity contribution in [3.63, 3.8) is 0 Å². The lowest BCUT2D eigenvalue weighted by atomic mass is 9.85. The molecule has 15 heavy (non-hydrogen) atoms. The van der Waals surface area contributed by atoms with Crippen molar-refractivity contribution in [1.82, 2.24) is 9.78 Å². The summed E-state index contributed by atoms with van der Waals surface area (Å²) in [5.74, 6) is 0.864. The maximum Gasteiger partial charge on any atom is 0.181 e. The predicted octanol–water partition coefficient (Wildman–Crippen LogP) is 2.57. The first-order chi connectivity index (χ1) is 7.27. The average Bonchev–Trinajstić information content (AvgIpc) is 2.66. The Kier molecular flexibility index (Phi) is 3.19. The predicted molar refractivity (Wildman–Crippen MR) is 58.7 cm³/mol. The minimum absolute atomic E-state index is 0.252. The third kappa shape index (κ3) is 2.46. The summed E-state index contributed by atoms with van der Waals surface area (Å²) in [4.78, 5) is 11.9. The van der Waals surface area contributed by atoms with E-state index in [1.165, 1.54) is 32.1 Å². The average molecular weight is 206 g/mol. The van der Waals surface area contributed by atoms with Crippen LogP contribution < -0.4 is 0 Å². The number of ketones is 1. The highest BCUT2D eigenvalue weighted by Gasteiger charge is 2.19. The SMILES string of the molecule is Cn1nccc1C(=O)CC1CCCCC1. The third-order valence-corrected chi connectivity index (χ3v) is 3.31. The first kappa shape index (κ1) is 10.4. The molecule has 0 spiro atoms. The standard InChI is InChI=1S/C12H18N2O/c1-14-11(7-8-13-14)12(15)9-10-5-3-2-4-6-10/h7-8,10H,2-6,9H2,1H3. The molecule has 0 aromatic carbocycles. The van der Waals surface area contributed by atoms with Crippen LogP contribution in [0.3, 0.4) is 0 Å². The summed E-state index contributed by atoms with van der Waals surface area (Å²) < 4.78 is 1.67. The van der Waals surface area contributed by atoms with Gasteiger partial charge >= 0.3 is 0 Å². The molecule has 1 saturated carbocycles. The van der Waals surface area contributed by atoms with E-state index in [0.29, 0.717) is 12.3 Å². The van der Waals surface area contributed by atoms with E-state index in [9.17, 15) is 4.79 Å². The maximum atomic E-state index is 11.9. The van der Waals surface area contributed by atoms with E-state index >= 15 is 0 Å². The Morgan fingerprint density at radius 1 is 1.47 bits per heavy atom. The van der Waals surface area contributed by atoms with Gasteiger partial charge in [0.2, 0.25) is 0 Å². The molecule has 0 unspecified atom stereocenters. The Balaban J connectivity index is 1.94. The second-order valence-corrected chi connectivity index (χ2v) is 4.47. The van der Waals surface area contributed by atoms with Crippen molar-refractivity contribution in [3.8, 4) is 0 Å². The molecule has 1 heterocycles. The lowest BCUT2D eigenvalue weighted by Gasteiger charge is -2.20. The van der Waals surface area contributed by atoms with Crippen LogP contribution in [0.2, 0.25) is 0 Å². The van der Waals surface area contributed by atoms with Crippen LogP contribution >= 0.6 is 0 Å². The number of nitrogens with zero attached hydrogens (tertiary/aromatic N) is 2. The van der Waals surface area contributed by atoms with E-state index in [2.05, 4.69) is 5.10 Å². The van der Waals surface area contributed by atoms with Gasteiger partial charge in [0.05, 0.1) is 0 Å². The van der Waals surface area contributed by atoms with Gasteiger partial charge in [-0.2, -0.15) is 5.10 Å². The monoisotopic (exact) mass is 206 g/mol. The van der Waals surface area contributed by atoms with Crippen LogP contribution in [0.5, 0.6) is 0 Å². The first-order valence-electron chi connectivity index (χ1n) is 5.78. The summed E-state index contributed by atoms with van der Waals surface area (Å²) in [5, 5.41) is 4.03. The number of carbonyl (C=O) groups is 1. The fourth-order valence-electron chi connectivity index (χ4n) is 2.41. The van der Waals surface area contributed by atoms with Gasteiger partial charge in [-0.15, -0.1) is 0 Å². The fourth-order valence-corrected chi connectivity index (χ4v) is 2.41. The summed E-state index contributed by atoms with van der Waals surface area (Å²) in [5.41, 5.74) is 0.751. The third-order valence-electron chi connectivity index (χ3n) is 3.31. The highest BCUT2D eigenvalue weighted by atomic mass is 16.1. The van der Waals surface area contributed by atoms with Crippen LogP contribution in [0, 0.1) is 5.92 Å². The number of hydrogen-bond acceptors (Lipinski definition) is 2. The van der Waals surface area contributed by atoms with Crippen LogP contribution in [0.1, 0.15) is 49.0 Å². The van der Waals surface area contributed by atoms with E-state index in [0.717, 1.165) is 5.69 Å². The summed E-state index contributed by atoms with van der Waals surface area (Å²) in [6.45, 7) is 0. The molecule has 3 nitrogen and oxygen atoms in total. The molecule has 2 rings (SSSR count). The second kappa shape index (κ2) is 4.60. The molecule has 0 N–H and O–H groups in total. The van der Waals surface area contributed by atoms with Gasteiger partial charge in [-0.3, -0.25) is 9.48 Å². The number of Topliss-reactive ketones (excluding diaryl/α,β-unsaturated/α-hetero) is 1. The van der Waals surface area contributed by atoms with Crippen molar-refractivity contribution < 1.29 is 4.79 Å². The van der Waals surface area contributed by atoms with Crippen molar-refractivity contribution in [3.05, 3.63) is 18.0 Å². The van der Waals surface area contributed by atoms with E-state index in [4.69, 9.17) is 0 Å². The van der Waals surface area contributed by atoms with Crippen molar-refractivity contribution in [2.45, 2.75) is 38.5 Å². The van der Waals surface area contributed by atoms with Crippen LogP contribution in [-0.4, -0.2) is 15.6 Å². The number of carbonyl (C=O) groups excluding carboxylic acids is 1. The van der Waals surface area contributed by atoms with E-state index in [-0.39, 0.29) is 5.78 Å². The molecular formula is C12H18N2O. The largest absolute Gasteiger partial charge is 0.292 e. The zero-order chi connectivity index (χ0) is 10.7. The molecule has 0 radical (unpaired) electrons. The minimum Gasteiger partial charge on any atom is -0.292 e. The Bertz CT molecular complexity index is 337. The molecule has 1 aromatic heterocycles. The molecule has 0 aliphatic heterocycles. The first-order valence-corrected chi connectivity index (χ1v) is 5.78. The Morgan fingerprint density at radius 2 is 2.20 bits per heavy atom. The number of hydrogen-bond donors (Lipinski definition) is 0. The van der Waals surface area contributed by atoms with Crippen LogP contribution in [0.25, 0.3) is 0 Å². The van der Waals surface area contributed by atoms with Crippen LogP contribution in [-0.2, 0) is 7.05 Å². The van der Waals surface area contributed by atoms with E-state index in [1.807, 2.05) is 13.1 Å². The quantitative estimate of drug-likeness (QED) is 0.712. The van der Waals surface area contributed by atoms with Gasteiger partial charge in [0.1, 0.15) is 5.69 Å². The Labute approximate surface area is 90.5 Å². The molecule has 0 amide bonds. The molecule has 1 aromatic rings. The fraction of sp³-hybridized carbons (Fsp3) is 0.667. The summed E-state index contributed by atoms with van der Waals surface area (Å²) in [6, 6.07) is 1.81. The molecule has 1 aliphatic rings. The molecule has 0 saturated heterocycles. The van der Waals surface area contributed by atoms with Gasteiger partial charge in [0.15, 0.2) is 5.78 Å². The zero-order valence-corrected chi connectivity index (χ0v) is 9.28. The Hall–Kier alpha value is -1.12. The van der Waals surface area contributed by atoms with Crippen molar-refractivity contribution >= 4 is 5.78 Å². The van der Waals surface area contributed by atoms with Gasteiger partial charge in [-0.25, -0.2) is 0 Å². The highest BCUT2D eigenvalue weighted by molar-refractivity contribution is 5.94. The van der Waals surface area contributed by atoms with Gasteiger partial charge in [0.25, 0.3) is 0 Å². The minimum atomic E-state index is 0.252. The molecular weight excluding hydrogens is 188 g/mol. The normalized spacial score (nSPS) is 17.9. The second-order valence-electron chi connectivity index (χ2n) is 4.47. The van der Waals surface area contributed by atoms with Gasteiger partial charge in [0, 0.05) is 19.7 Å². The van der Waals surface area contributed by atoms with Crippen LogP contribution in [0.4, 0.5) is 0 Å². The van der Waals surface area contributed by atoms with Crippen molar-refractivity contribution in [1.29, 1.82) is 0 Å². The lowest BCUT2D eigenvalue weighted by Crippen LogP contribution is -2.14. The van der Waals surface area contributed by atoms with Crippen molar-refractivity contribution in [2.24, 2.45) is 13.0 Å². The highest BCUT2D eigenvalue weighted by Crippen LogP contribution is 2.27. The molecule has 0 bridgehead atoms. The Morgan fingerprint density at radius 3 is 2.80 bits per heavy atom. The summed E-state index contributed by atoms with van der Waals surface area (Å²) in [6.07, 6.45) is 8.78. The van der Waals surface area contributed by atoms with Gasteiger partial charge in [-0.05, 0) is 12.0 Å². The summed E-state index contributed by atoms with van der Waals surface area (Å²) in [7, 11) is 1.83. The molecule has 0 atom stereocenters. The summed E-state index contributed by atoms with van der Waals surface area (Å²) >= 11 is 0. The van der Waals surface area contributed by atoms with Crippen LogP contribution in [0.15, 0.2) is 12.3 Å². The lowest BCUT2D eigenvalue weighted by molar-refractivity contribution is 0.0941. The van der Waals surface area contributed by atoms with Crippen molar-refractivity contribution in [2.75, 3.05) is 0 Å². The molecule has 1 fully saturated rings. The number of aryl methyl sites for hydroxylation is 1. The van der Waals surface area contributed by atoms with E-state index in [1.54, 1.807) is 10.9 Å². The molecule has 3 heteroatoms. The number of rotatable bonds is 3. The molecule has 1 aliphatic carbocycles. The van der Waals surface area contributed by atoms with Gasteiger partial charge < -0.3 is 0 Å². The zero-order valence-electron chi connectivity index (χ0n) is 9.28. The molecule has 82 valence electrons. The topological polar surface area (TPSA) is 34.9 Å². The maximum absolute atomic E-state index is 11.9. The van der Waals surface area contributed by atoms with Gasteiger partial charge in [-0.1, -0.05) is 32.1 Å².